The Balaban J connectivity index is 1.87. The summed E-state index contributed by atoms with van der Waals surface area (Å²) in [4.78, 5) is 19.1. The van der Waals surface area contributed by atoms with Crippen molar-refractivity contribution < 1.29 is 9.90 Å². The van der Waals surface area contributed by atoms with E-state index in [1.165, 1.54) is 0 Å². The Hall–Kier alpha value is -2.21. The number of aromatic nitrogens is 3. The average molecular weight is 328 g/mol. The summed E-state index contributed by atoms with van der Waals surface area (Å²) in [5.41, 5.74) is 1.51. The van der Waals surface area contributed by atoms with Crippen molar-refractivity contribution in [3.8, 4) is 5.82 Å². The molecule has 0 bridgehead atoms. The van der Waals surface area contributed by atoms with Crippen molar-refractivity contribution >= 4 is 5.91 Å². The second-order valence-electron chi connectivity index (χ2n) is 6.35. The lowest BCUT2D eigenvalue weighted by molar-refractivity contribution is 0.0465. The van der Waals surface area contributed by atoms with Crippen LogP contribution in [0.15, 0.2) is 30.6 Å². The second kappa shape index (κ2) is 7.13. The molecule has 2 aromatic rings. The molecule has 3 rings (SSSR count). The standard InChI is InChI=1S/C18H24N4O2/c1-3-16-15(11-20-22(16)17-8-4-5-9-19-17)18(24)21-10-6-7-14(12-21)13(2)23/h4-5,8-9,11,13-14,23H,3,6-7,10,12H2,1-2H3. The molecule has 2 atom stereocenters. The molecular formula is C18H24N4O2. The number of hydrogen-bond donors (Lipinski definition) is 1. The molecule has 1 amide bonds. The molecule has 1 N–H and O–H groups in total. The first-order chi connectivity index (χ1) is 11.6. The van der Waals surface area contributed by atoms with Crippen molar-refractivity contribution in [2.24, 2.45) is 5.92 Å². The lowest BCUT2D eigenvalue weighted by Gasteiger charge is -2.34. The van der Waals surface area contributed by atoms with Crippen LogP contribution in [-0.4, -0.2) is 49.9 Å². The van der Waals surface area contributed by atoms with Gasteiger partial charge in [-0.3, -0.25) is 4.79 Å². The molecular weight excluding hydrogens is 304 g/mol. The third-order valence-electron chi connectivity index (χ3n) is 4.73. The fraction of sp³-hybridized carbons (Fsp3) is 0.500. The van der Waals surface area contributed by atoms with Crippen LogP contribution in [0.4, 0.5) is 0 Å². The summed E-state index contributed by atoms with van der Waals surface area (Å²) in [5.74, 6) is 0.867. The summed E-state index contributed by atoms with van der Waals surface area (Å²) in [6, 6.07) is 5.64. The van der Waals surface area contributed by atoms with Gasteiger partial charge in [-0.25, -0.2) is 9.67 Å². The first kappa shape index (κ1) is 16.6. The number of hydrogen-bond acceptors (Lipinski definition) is 4. The molecule has 0 saturated carbocycles. The molecule has 3 heterocycles. The normalized spacial score (nSPS) is 19.3. The summed E-state index contributed by atoms with van der Waals surface area (Å²) >= 11 is 0. The van der Waals surface area contributed by atoms with Crippen LogP contribution in [0.25, 0.3) is 5.82 Å². The molecule has 0 spiro atoms. The van der Waals surface area contributed by atoms with Crippen molar-refractivity contribution in [3.05, 3.63) is 41.9 Å². The molecule has 0 radical (unpaired) electrons. The van der Waals surface area contributed by atoms with Gasteiger partial charge in [-0.05, 0) is 38.3 Å². The minimum Gasteiger partial charge on any atom is -0.393 e. The van der Waals surface area contributed by atoms with Crippen molar-refractivity contribution in [2.75, 3.05) is 13.1 Å². The predicted octanol–water partition coefficient (Wildman–Crippen LogP) is 2.06. The Bertz CT molecular complexity index is 696. The Kier molecular flexibility index (Phi) is 4.94. The van der Waals surface area contributed by atoms with Crippen LogP contribution in [0.2, 0.25) is 0 Å². The highest BCUT2D eigenvalue weighted by Crippen LogP contribution is 2.23. The van der Waals surface area contributed by atoms with Crippen molar-refractivity contribution in [1.29, 1.82) is 0 Å². The van der Waals surface area contributed by atoms with Crippen LogP contribution in [-0.2, 0) is 6.42 Å². The SMILES string of the molecule is CCc1c(C(=O)N2CCCC(C(C)O)C2)cnn1-c1ccccn1. The van der Waals surface area contributed by atoms with E-state index in [4.69, 9.17) is 0 Å². The molecule has 1 fully saturated rings. The number of likely N-dealkylation sites (tertiary alicyclic amines) is 1. The van der Waals surface area contributed by atoms with Crippen LogP contribution < -0.4 is 0 Å². The maximum atomic E-state index is 13.0. The van der Waals surface area contributed by atoms with Gasteiger partial charge < -0.3 is 10.0 Å². The van der Waals surface area contributed by atoms with Crippen molar-refractivity contribution in [3.63, 3.8) is 0 Å². The van der Waals surface area contributed by atoms with Gasteiger partial charge in [-0.15, -0.1) is 0 Å². The third-order valence-corrected chi connectivity index (χ3v) is 4.73. The van der Waals surface area contributed by atoms with Crippen LogP contribution in [0.3, 0.4) is 0 Å². The summed E-state index contributed by atoms with van der Waals surface area (Å²) < 4.78 is 1.74. The van der Waals surface area contributed by atoms with E-state index < -0.39 is 0 Å². The number of amides is 1. The number of piperidine rings is 1. The van der Waals surface area contributed by atoms with Crippen molar-refractivity contribution in [2.45, 2.75) is 39.2 Å². The molecule has 0 aromatic carbocycles. The summed E-state index contributed by atoms with van der Waals surface area (Å²) in [6.07, 6.45) is 5.57. The Labute approximate surface area is 142 Å². The summed E-state index contributed by atoms with van der Waals surface area (Å²) in [5, 5.41) is 14.2. The number of carbonyl (C=O) groups excluding carboxylic acids is 1. The lowest BCUT2D eigenvalue weighted by atomic mass is 9.93. The number of rotatable bonds is 4. The predicted molar refractivity (Wildman–Crippen MR) is 91.0 cm³/mol. The van der Waals surface area contributed by atoms with E-state index in [2.05, 4.69) is 10.1 Å². The number of nitrogens with zero attached hydrogens (tertiary/aromatic N) is 4. The van der Waals surface area contributed by atoms with E-state index >= 15 is 0 Å². The zero-order chi connectivity index (χ0) is 17.1. The smallest absolute Gasteiger partial charge is 0.257 e. The van der Waals surface area contributed by atoms with Crippen LogP contribution in [0.1, 0.15) is 42.7 Å². The van der Waals surface area contributed by atoms with E-state index in [-0.39, 0.29) is 17.9 Å². The fourth-order valence-corrected chi connectivity index (χ4v) is 3.33. The quantitative estimate of drug-likeness (QED) is 0.932. The Morgan fingerprint density at radius 1 is 1.46 bits per heavy atom. The first-order valence-corrected chi connectivity index (χ1v) is 8.57. The molecule has 6 heteroatoms. The highest BCUT2D eigenvalue weighted by Gasteiger charge is 2.29. The van der Waals surface area contributed by atoms with Crippen LogP contribution in [0.5, 0.6) is 0 Å². The largest absolute Gasteiger partial charge is 0.393 e. The molecule has 1 aliphatic rings. The van der Waals surface area contributed by atoms with Crippen LogP contribution in [0, 0.1) is 5.92 Å². The fourth-order valence-electron chi connectivity index (χ4n) is 3.33. The second-order valence-corrected chi connectivity index (χ2v) is 6.35. The molecule has 1 aliphatic heterocycles. The maximum absolute atomic E-state index is 13.0. The van der Waals surface area contributed by atoms with Gasteiger partial charge in [0.25, 0.3) is 5.91 Å². The van der Waals surface area contributed by atoms with Gasteiger partial charge in [0, 0.05) is 25.2 Å². The minimum atomic E-state index is -0.387. The number of aliphatic hydroxyl groups excluding tert-OH is 1. The van der Waals surface area contributed by atoms with E-state index in [9.17, 15) is 9.90 Å². The van der Waals surface area contributed by atoms with E-state index in [1.807, 2.05) is 30.0 Å². The Morgan fingerprint density at radius 3 is 2.96 bits per heavy atom. The molecule has 128 valence electrons. The number of aliphatic hydroxyl groups is 1. The van der Waals surface area contributed by atoms with E-state index in [0.29, 0.717) is 24.3 Å². The van der Waals surface area contributed by atoms with Gasteiger partial charge in [-0.1, -0.05) is 13.0 Å². The number of carbonyl (C=O) groups is 1. The van der Waals surface area contributed by atoms with Gasteiger partial charge in [0.05, 0.1) is 23.6 Å². The van der Waals surface area contributed by atoms with Gasteiger partial charge in [-0.2, -0.15) is 5.10 Å². The van der Waals surface area contributed by atoms with Gasteiger partial charge in [0.1, 0.15) is 0 Å². The lowest BCUT2D eigenvalue weighted by Crippen LogP contribution is -2.43. The highest BCUT2D eigenvalue weighted by atomic mass is 16.3. The van der Waals surface area contributed by atoms with Gasteiger partial charge >= 0.3 is 0 Å². The zero-order valence-electron chi connectivity index (χ0n) is 14.2. The Morgan fingerprint density at radius 2 is 2.29 bits per heavy atom. The molecule has 24 heavy (non-hydrogen) atoms. The summed E-state index contributed by atoms with van der Waals surface area (Å²) in [7, 11) is 0. The number of pyridine rings is 1. The average Bonchev–Trinajstić information content (AvgIpc) is 3.05. The van der Waals surface area contributed by atoms with Gasteiger partial charge in [0.15, 0.2) is 5.82 Å². The van der Waals surface area contributed by atoms with Crippen LogP contribution >= 0.6 is 0 Å². The van der Waals surface area contributed by atoms with Gasteiger partial charge in [0.2, 0.25) is 0 Å². The first-order valence-electron chi connectivity index (χ1n) is 8.57. The van der Waals surface area contributed by atoms with E-state index in [0.717, 1.165) is 25.1 Å². The minimum absolute atomic E-state index is 0.000573. The van der Waals surface area contributed by atoms with Crippen molar-refractivity contribution in [1.82, 2.24) is 19.7 Å². The molecule has 0 aliphatic carbocycles. The molecule has 2 unspecified atom stereocenters. The molecule has 1 saturated heterocycles. The van der Waals surface area contributed by atoms with E-state index in [1.54, 1.807) is 24.0 Å². The zero-order valence-corrected chi connectivity index (χ0v) is 14.2. The summed E-state index contributed by atoms with van der Waals surface area (Å²) in [6.45, 7) is 5.16. The maximum Gasteiger partial charge on any atom is 0.257 e. The molecule has 6 nitrogen and oxygen atoms in total. The highest BCUT2D eigenvalue weighted by molar-refractivity contribution is 5.95. The third kappa shape index (κ3) is 3.19. The topological polar surface area (TPSA) is 71.2 Å². The molecule has 2 aromatic heterocycles. The monoisotopic (exact) mass is 328 g/mol.